The van der Waals surface area contributed by atoms with E-state index in [1.54, 1.807) is 11.3 Å². The maximum atomic E-state index is 4.29. The molecule has 84 valence electrons. The number of nitrogens with zero attached hydrogens (tertiary/aromatic N) is 3. The number of hydrogen-bond acceptors (Lipinski definition) is 5. The molecule has 0 saturated carbocycles. The van der Waals surface area contributed by atoms with E-state index < -0.39 is 0 Å². The first kappa shape index (κ1) is 11.5. The first-order valence-corrected chi connectivity index (χ1v) is 6.41. The molecule has 0 unspecified atom stereocenters. The average Bonchev–Trinajstić information content (AvgIpc) is 2.60. The molecule has 4 nitrogen and oxygen atoms in total. The van der Waals surface area contributed by atoms with Crippen molar-refractivity contribution in [2.45, 2.75) is 20.4 Å². The van der Waals surface area contributed by atoms with E-state index in [-0.39, 0.29) is 0 Å². The predicted molar refractivity (Wildman–Crippen MR) is 68.6 cm³/mol. The highest BCUT2D eigenvalue weighted by molar-refractivity contribution is 9.10. The van der Waals surface area contributed by atoms with Gasteiger partial charge >= 0.3 is 0 Å². The normalized spacial score (nSPS) is 10.4. The van der Waals surface area contributed by atoms with Gasteiger partial charge in [0.15, 0.2) is 0 Å². The topological polar surface area (TPSA) is 50.7 Å². The van der Waals surface area contributed by atoms with Gasteiger partial charge in [-0.25, -0.2) is 15.0 Å². The highest BCUT2D eigenvalue weighted by atomic mass is 79.9. The highest BCUT2D eigenvalue weighted by Gasteiger charge is 2.01. The van der Waals surface area contributed by atoms with Crippen LogP contribution in [0.4, 0.5) is 5.82 Å². The third kappa shape index (κ3) is 2.99. The van der Waals surface area contributed by atoms with Crippen LogP contribution >= 0.6 is 27.3 Å². The van der Waals surface area contributed by atoms with Crippen molar-refractivity contribution in [3.63, 3.8) is 0 Å². The van der Waals surface area contributed by atoms with Gasteiger partial charge in [-0.3, -0.25) is 0 Å². The average molecular weight is 299 g/mol. The second-order valence-electron chi connectivity index (χ2n) is 3.32. The van der Waals surface area contributed by atoms with Crippen molar-refractivity contribution in [1.82, 2.24) is 15.0 Å². The van der Waals surface area contributed by atoms with Gasteiger partial charge in [-0.1, -0.05) is 0 Å². The predicted octanol–water partition coefficient (Wildman–Crippen LogP) is 2.92. The van der Waals surface area contributed by atoms with Crippen molar-refractivity contribution in [3.8, 4) is 0 Å². The molecule has 0 fully saturated rings. The van der Waals surface area contributed by atoms with Crippen LogP contribution in [0.2, 0.25) is 0 Å². The number of aromatic nitrogens is 3. The van der Waals surface area contributed by atoms with Gasteiger partial charge in [-0.15, -0.1) is 11.3 Å². The minimum atomic E-state index is 0.744. The summed E-state index contributed by atoms with van der Waals surface area (Å²) >= 11 is 5.03. The number of anilines is 1. The minimum Gasteiger partial charge on any atom is -0.365 e. The highest BCUT2D eigenvalue weighted by Crippen LogP contribution is 2.15. The molecule has 0 radical (unpaired) electrons. The summed E-state index contributed by atoms with van der Waals surface area (Å²) in [5.41, 5.74) is 0. The summed E-state index contributed by atoms with van der Waals surface area (Å²) in [7, 11) is 0. The molecule has 0 aliphatic carbocycles. The van der Waals surface area contributed by atoms with E-state index in [1.807, 2.05) is 26.1 Å². The Kier molecular flexibility index (Phi) is 3.50. The van der Waals surface area contributed by atoms with Gasteiger partial charge in [0, 0.05) is 17.1 Å². The summed E-state index contributed by atoms with van der Waals surface area (Å²) in [4.78, 5) is 13.8. The monoisotopic (exact) mass is 298 g/mol. The minimum absolute atomic E-state index is 0.744. The quantitative estimate of drug-likeness (QED) is 0.885. The number of halogens is 1. The van der Waals surface area contributed by atoms with Crippen LogP contribution in [-0.4, -0.2) is 15.0 Å². The van der Waals surface area contributed by atoms with E-state index in [1.165, 1.54) is 4.88 Å². The molecule has 0 amide bonds. The molecule has 0 spiro atoms. The van der Waals surface area contributed by atoms with E-state index in [4.69, 9.17) is 0 Å². The smallest absolute Gasteiger partial charge is 0.131 e. The molecule has 2 aromatic rings. The molecular weight excluding hydrogens is 288 g/mol. The summed E-state index contributed by atoms with van der Waals surface area (Å²) in [6.45, 7) is 4.61. The van der Waals surface area contributed by atoms with Crippen molar-refractivity contribution in [2.75, 3.05) is 5.32 Å². The van der Waals surface area contributed by atoms with E-state index in [9.17, 15) is 0 Å². The zero-order valence-corrected chi connectivity index (χ0v) is 11.4. The van der Waals surface area contributed by atoms with Crippen molar-refractivity contribution < 1.29 is 0 Å². The number of nitrogens with one attached hydrogen (secondary N) is 1. The Balaban J connectivity index is 2.04. The van der Waals surface area contributed by atoms with Crippen molar-refractivity contribution in [3.05, 3.63) is 32.6 Å². The maximum absolute atomic E-state index is 4.29. The van der Waals surface area contributed by atoms with Gasteiger partial charge in [0.2, 0.25) is 0 Å². The van der Waals surface area contributed by atoms with E-state index in [2.05, 4.69) is 36.2 Å². The lowest BCUT2D eigenvalue weighted by Gasteiger charge is -2.04. The summed E-state index contributed by atoms with van der Waals surface area (Å²) in [5, 5.41) is 4.33. The van der Waals surface area contributed by atoms with Gasteiger partial charge in [-0.2, -0.15) is 0 Å². The number of aryl methyl sites for hydroxylation is 2. The summed E-state index contributed by atoms with van der Waals surface area (Å²) < 4.78 is 0.794. The molecule has 2 rings (SSSR count). The Morgan fingerprint density at radius 2 is 2.19 bits per heavy atom. The van der Waals surface area contributed by atoms with Crippen LogP contribution in [0.5, 0.6) is 0 Å². The van der Waals surface area contributed by atoms with Gasteiger partial charge in [-0.05, 0) is 29.8 Å². The third-order valence-electron chi connectivity index (χ3n) is 1.92. The lowest BCUT2D eigenvalue weighted by molar-refractivity contribution is 1.01. The van der Waals surface area contributed by atoms with Gasteiger partial charge < -0.3 is 5.32 Å². The fraction of sp³-hybridized carbons (Fsp3) is 0.300. The van der Waals surface area contributed by atoms with Gasteiger partial charge in [0.25, 0.3) is 0 Å². The van der Waals surface area contributed by atoms with Crippen molar-refractivity contribution >= 4 is 33.1 Å². The lowest BCUT2D eigenvalue weighted by atomic mass is 10.5. The van der Waals surface area contributed by atoms with Crippen LogP contribution in [0.15, 0.2) is 16.9 Å². The SMILES string of the molecule is Cc1nc(Br)cc(NCc2cnc(C)s2)n1. The Morgan fingerprint density at radius 1 is 1.38 bits per heavy atom. The number of hydrogen-bond donors (Lipinski definition) is 1. The van der Waals surface area contributed by atoms with E-state index in [0.717, 1.165) is 27.8 Å². The largest absolute Gasteiger partial charge is 0.365 e. The molecule has 6 heteroatoms. The van der Waals surface area contributed by atoms with Crippen LogP contribution < -0.4 is 5.32 Å². The zero-order valence-electron chi connectivity index (χ0n) is 8.99. The van der Waals surface area contributed by atoms with Gasteiger partial charge in [0.05, 0.1) is 11.6 Å². The van der Waals surface area contributed by atoms with Crippen molar-refractivity contribution in [1.29, 1.82) is 0 Å². The fourth-order valence-corrected chi connectivity index (χ4v) is 2.49. The first-order chi connectivity index (χ1) is 7.63. The lowest BCUT2D eigenvalue weighted by Crippen LogP contribution is -2.01. The molecule has 16 heavy (non-hydrogen) atoms. The second-order valence-corrected chi connectivity index (χ2v) is 5.45. The molecular formula is C10H11BrN4S. The summed E-state index contributed by atoms with van der Waals surface area (Å²) in [6, 6.07) is 1.86. The van der Waals surface area contributed by atoms with Crippen LogP contribution in [0, 0.1) is 13.8 Å². The van der Waals surface area contributed by atoms with Gasteiger partial charge in [0.1, 0.15) is 16.2 Å². The Morgan fingerprint density at radius 3 is 2.81 bits per heavy atom. The molecule has 0 aromatic carbocycles. The fourth-order valence-electron chi connectivity index (χ4n) is 1.29. The number of rotatable bonds is 3. The molecule has 0 aliphatic rings. The second kappa shape index (κ2) is 4.88. The Labute approximate surface area is 106 Å². The van der Waals surface area contributed by atoms with Crippen LogP contribution in [0.1, 0.15) is 15.7 Å². The molecule has 0 aliphatic heterocycles. The summed E-state index contributed by atoms with van der Waals surface area (Å²) in [5.74, 6) is 1.57. The molecule has 2 aromatic heterocycles. The first-order valence-electron chi connectivity index (χ1n) is 4.80. The van der Waals surface area contributed by atoms with Crippen molar-refractivity contribution in [2.24, 2.45) is 0 Å². The van der Waals surface area contributed by atoms with Crippen LogP contribution in [0.25, 0.3) is 0 Å². The van der Waals surface area contributed by atoms with E-state index in [0.29, 0.717) is 0 Å². The Hall–Kier alpha value is -1.01. The van der Waals surface area contributed by atoms with Crippen LogP contribution in [-0.2, 0) is 6.54 Å². The number of thiazole rings is 1. The molecule has 2 heterocycles. The summed E-state index contributed by atoms with van der Waals surface area (Å²) in [6.07, 6.45) is 1.89. The van der Waals surface area contributed by atoms with Crippen LogP contribution in [0.3, 0.4) is 0 Å². The maximum Gasteiger partial charge on any atom is 0.131 e. The standard InChI is InChI=1S/C10H11BrN4S/c1-6-14-9(11)3-10(15-6)13-5-8-4-12-7(2)16-8/h3-4H,5H2,1-2H3,(H,13,14,15). The Bertz CT molecular complexity index is 477. The third-order valence-corrected chi connectivity index (χ3v) is 3.24. The molecule has 0 saturated heterocycles. The molecule has 0 bridgehead atoms. The zero-order chi connectivity index (χ0) is 11.5. The molecule has 0 atom stereocenters. The van der Waals surface area contributed by atoms with E-state index >= 15 is 0 Å². The molecule has 1 N–H and O–H groups in total.